The third-order valence-corrected chi connectivity index (χ3v) is 4.66. The maximum Gasteiger partial charge on any atom is 0.248 e. The van der Waals surface area contributed by atoms with Gasteiger partial charge in [0.1, 0.15) is 12.6 Å². The number of benzene rings is 1. The summed E-state index contributed by atoms with van der Waals surface area (Å²) in [5, 5.41) is 0. The van der Waals surface area contributed by atoms with Crippen molar-refractivity contribution in [2.24, 2.45) is 0 Å². The molecule has 6 heteroatoms. The number of hydrogen-bond acceptors (Lipinski definition) is 4. The molecule has 1 aliphatic heterocycles. The topological polar surface area (TPSA) is 53.1 Å². The molecular formula is C19H29N3O3. The van der Waals surface area contributed by atoms with Gasteiger partial charge in [0, 0.05) is 33.3 Å². The Bertz CT molecular complexity index is 603. The van der Waals surface area contributed by atoms with Crippen molar-refractivity contribution in [1.29, 1.82) is 0 Å². The molecule has 0 bridgehead atoms. The normalized spacial score (nSPS) is 16.7. The Morgan fingerprint density at radius 2 is 1.76 bits per heavy atom. The maximum absolute atomic E-state index is 13.2. The van der Waals surface area contributed by atoms with Gasteiger partial charge in [-0.1, -0.05) is 24.3 Å². The molecule has 6 nitrogen and oxygen atoms in total. The molecule has 1 fully saturated rings. The summed E-state index contributed by atoms with van der Waals surface area (Å²) in [6.45, 7) is 4.59. The van der Waals surface area contributed by atoms with E-state index < -0.39 is 0 Å². The monoisotopic (exact) mass is 347 g/mol. The van der Waals surface area contributed by atoms with Crippen LogP contribution in [0.3, 0.4) is 0 Å². The second-order valence-corrected chi connectivity index (χ2v) is 6.72. The van der Waals surface area contributed by atoms with Crippen molar-refractivity contribution in [3.63, 3.8) is 0 Å². The Labute approximate surface area is 150 Å². The fraction of sp³-hybridized carbons (Fsp3) is 0.579. The molecule has 1 heterocycles. The lowest BCUT2D eigenvalue weighted by molar-refractivity contribution is -0.138. The molecule has 0 aromatic heterocycles. The van der Waals surface area contributed by atoms with Gasteiger partial charge < -0.3 is 14.5 Å². The number of methoxy groups -OCH3 is 1. The molecule has 0 spiro atoms. The predicted molar refractivity (Wildman–Crippen MR) is 97.3 cm³/mol. The summed E-state index contributed by atoms with van der Waals surface area (Å²) >= 11 is 0. The minimum Gasteiger partial charge on any atom is -0.375 e. The van der Waals surface area contributed by atoms with Gasteiger partial charge in [0.05, 0.1) is 0 Å². The molecule has 1 aliphatic rings. The van der Waals surface area contributed by atoms with E-state index in [1.807, 2.05) is 55.1 Å². The summed E-state index contributed by atoms with van der Waals surface area (Å²) in [5.74, 6) is 0.0835. The Morgan fingerprint density at radius 3 is 2.40 bits per heavy atom. The molecular weight excluding hydrogens is 318 g/mol. The Hall–Kier alpha value is -1.92. The fourth-order valence-corrected chi connectivity index (χ4v) is 3.30. The molecule has 0 unspecified atom stereocenters. The number of aryl methyl sites for hydroxylation is 1. The van der Waals surface area contributed by atoms with Crippen molar-refractivity contribution < 1.29 is 14.3 Å². The van der Waals surface area contributed by atoms with Gasteiger partial charge in [0.2, 0.25) is 11.8 Å². The van der Waals surface area contributed by atoms with Crippen LogP contribution in [0.4, 0.5) is 0 Å². The van der Waals surface area contributed by atoms with Crippen molar-refractivity contribution in [3.8, 4) is 0 Å². The van der Waals surface area contributed by atoms with E-state index in [9.17, 15) is 9.59 Å². The van der Waals surface area contributed by atoms with Crippen LogP contribution in [0.25, 0.3) is 0 Å². The predicted octanol–water partition coefficient (Wildman–Crippen LogP) is 1.31. The average Bonchev–Trinajstić information content (AvgIpc) is 2.83. The molecule has 2 rings (SSSR count). The zero-order valence-electron chi connectivity index (χ0n) is 15.7. The van der Waals surface area contributed by atoms with Crippen LogP contribution in [0, 0.1) is 6.92 Å². The van der Waals surface area contributed by atoms with Crippen LogP contribution in [-0.4, -0.2) is 80.5 Å². The summed E-state index contributed by atoms with van der Waals surface area (Å²) in [6.07, 6.45) is 0.787. The maximum atomic E-state index is 13.2. The summed E-state index contributed by atoms with van der Waals surface area (Å²) in [6, 6.07) is 7.71. The van der Waals surface area contributed by atoms with E-state index in [4.69, 9.17) is 4.74 Å². The van der Waals surface area contributed by atoms with Crippen LogP contribution >= 0.6 is 0 Å². The van der Waals surface area contributed by atoms with Crippen molar-refractivity contribution in [2.45, 2.75) is 19.4 Å². The molecule has 0 saturated carbocycles. The van der Waals surface area contributed by atoms with Crippen LogP contribution in [0.1, 0.15) is 23.6 Å². The number of hydrogen-bond donors (Lipinski definition) is 0. The van der Waals surface area contributed by atoms with Gasteiger partial charge in [-0.3, -0.25) is 14.5 Å². The van der Waals surface area contributed by atoms with E-state index in [0.29, 0.717) is 26.2 Å². The molecule has 138 valence electrons. The fourth-order valence-electron chi connectivity index (χ4n) is 3.30. The van der Waals surface area contributed by atoms with E-state index in [-0.39, 0.29) is 24.5 Å². The average molecular weight is 347 g/mol. The van der Waals surface area contributed by atoms with Crippen LogP contribution in [0.15, 0.2) is 24.3 Å². The van der Waals surface area contributed by atoms with E-state index in [0.717, 1.165) is 17.5 Å². The zero-order valence-corrected chi connectivity index (χ0v) is 15.7. The first-order chi connectivity index (χ1) is 12.0. The number of rotatable bonds is 5. The highest BCUT2D eigenvalue weighted by atomic mass is 16.5. The number of likely N-dealkylation sites (N-methyl/N-ethyl adjacent to an activating group) is 1. The Kier molecular flexibility index (Phi) is 6.96. The van der Waals surface area contributed by atoms with Gasteiger partial charge >= 0.3 is 0 Å². The van der Waals surface area contributed by atoms with Crippen molar-refractivity contribution in [2.75, 3.05) is 54.0 Å². The second-order valence-electron chi connectivity index (χ2n) is 6.72. The largest absolute Gasteiger partial charge is 0.375 e. The molecule has 2 amide bonds. The smallest absolute Gasteiger partial charge is 0.248 e. The van der Waals surface area contributed by atoms with E-state index in [2.05, 4.69) is 0 Å². The van der Waals surface area contributed by atoms with Crippen LogP contribution < -0.4 is 0 Å². The first-order valence-electron chi connectivity index (χ1n) is 8.73. The van der Waals surface area contributed by atoms with Crippen LogP contribution in [0.5, 0.6) is 0 Å². The number of ether oxygens (including phenoxy) is 1. The highest BCUT2D eigenvalue weighted by Gasteiger charge is 2.30. The summed E-state index contributed by atoms with van der Waals surface area (Å²) in [4.78, 5) is 30.9. The molecule has 0 radical (unpaired) electrons. The van der Waals surface area contributed by atoms with Gasteiger partial charge in [-0.2, -0.15) is 0 Å². The SMILES string of the molecule is COCC(=O)N1CCCN(C(=O)[C@@H](c2ccccc2C)N(C)C)CC1. The summed E-state index contributed by atoms with van der Waals surface area (Å²) in [7, 11) is 5.39. The van der Waals surface area contributed by atoms with Gasteiger partial charge in [0.15, 0.2) is 0 Å². The molecule has 25 heavy (non-hydrogen) atoms. The van der Waals surface area contributed by atoms with E-state index in [1.54, 1.807) is 4.90 Å². The number of amides is 2. The lowest BCUT2D eigenvalue weighted by Crippen LogP contribution is -2.43. The van der Waals surface area contributed by atoms with Gasteiger partial charge in [-0.25, -0.2) is 0 Å². The third-order valence-electron chi connectivity index (χ3n) is 4.66. The van der Waals surface area contributed by atoms with Gasteiger partial charge in [-0.15, -0.1) is 0 Å². The van der Waals surface area contributed by atoms with E-state index >= 15 is 0 Å². The Morgan fingerprint density at radius 1 is 1.12 bits per heavy atom. The van der Waals surface area contributed by atoms with Crippen LogP contribution in [-0.2, 0) is 14.3 Å². The molecule has 1 aromatic rings. The Balaban J connectivity index is 2.12. The third kappa shape index (κ3) is 4.80. The van der Waals surface area contributed by atoms with Crippen molar-refractivity contribution in [3.05, 3.63) is 35.4 Å². The lowest BCUT2D eigenvalue weighted by atomic mass is 9.99. The molecule has 0 N–H and O–H groups in total. The quantitative estimate of drug-likeness (QED) is 0.806. The lowest BCUT2D eigenvalue weighted by Gasteiger charge is -2.31. The minimum atomic E-state index is -0.303. The highest BCUT2D eigenvalue weighted by molar-refractivity contribution is 5.84. The highest BCUT2D eigenvalue weighted by Crippen LogP contribution is 2.24. The van der Waals surface area contributed by atoms with Gasteiger partial charge in [-0.05, 0) is 38.6 Å². The number of carbonyl (C=O) groups excluding carboxylic acids is 2. The first kappa shape index (κ1) is 19.4. The first-order valence-corrected chi connectivity index (χ1v) is 8.73. The number of carbonyl (C=O) groups is 2. The number of nitrogens with zero attached hydrogens (tertiary/aromatic N) is 3. The minimum absolute atomic E-state index is 0.0140. The molecule has 1 aromatic carbocycles. The second kappa shape index (κ2) is 8.97. The molecule has 0 aliphatic carbocycles. The standard InChI is InChI=1S/C19H29N3O3/c1-15-8-5-6-9-16(15)18(20(2)3)19(24)22-11-7-10-21(12-13-22)17(23)14-25-4/h5-6,8-9,18H,7,10-14H2,1-4H3/t18-/m1/s1. The van der Waals surface area contributed by atoms with Crippen molar-refractivity contribution >= 4 is 11.8 Å². The molecule has 1 atom stereocenters. The zero-order chi connectivity index (χ0) is 18.4. The van der Waals surface area contributed by atoms with Gasteiger partial charge in [0.25, 0.3) is 0 Å². The van der Waals surface area contributed by atoms with Crippen molar-refractivity contribution in [1.82, 2.24) is 14.7 Å². The molecule has 1 saturated heterocycles. The van der Waals surface area contributed by atoms with E-state index in [1.165, 1.54) is 7.11 Å². The summed E-state index contributed by atoms with van der Waals surface area (Å²) in [5.41, 5.74) is 2.15. The van der Waals surface area contributed by atoms with Crippen LogP contribution in [0.2, 0.25) is 0 Å². The summed E-state index contributed by atoms with van der Waals surface area (Å²) < 4.78 is 4.93.